The van der Waals surface area contributed by atoms with Crippen molar-refractivity contribution in [1.82, 2.24) is 0 Å². The molecule has 1 saturated carbocycles. The molecule has 0 atom stereocenters. The molecule has 14 heavy (non-hydrogen) atoms. The Morgan fingerprint density at radius 2 is 1.86 bits per heavy atom. The molecule has 0 radical (unpaired) electrons. The van der Waals surface area contributed by atoms with Crippen molar-refractivity contribution in [2.24, 2.45) is 17.1 Å². The minimum atomic E-state index is 0.147. The molecule has 0 heterocycles. The van der Waals surface area contributed by atoms with E-state index in [1.165, 1.54) is 32.1 Å². The molecule has 2 nitrogen and oxygen atoms in total. The van der Waals surface area contributed by atoms with Gasteiger partial charge in [-0.3, -0.25) is 0 Å². The highest BCUT2D eigenvalue weighted by Crippen LogP contribution is 2.24. The maximum absolute atomic E-state index is 5.75. The molecule has 1 aliphatic carbocycles. The normalized spacial score (nSPS) is 19.9. The number of hydrogen-bond donors (Lipinski definition) is 1. The van der Waals surface area contributed by atoms with Crippen molar-refractivity contribution in [3.8, 4) is 0 Å². The van der Waals surface area contributed by atoms with Crippen LogP contribution in [0.3, 0.4) is 0 Å². The molecule has 0 aromatic carbocycles. The van der Waals surface area contributed by atoms with Crippen LogP contribution in [0.5, 0.6) is 0 Å². The zero-order chi connectivity index (χ0) is 10.4. The van der Waals surface area contributed by atoms with Gasteiger partial charge in [-0.1, -0.05) is 33.1 Å². The SMILES string of the molecule is CC(C)(CN)COCC1CCCCC1. The van der Waals surface area contributed by atoms with Crippen LogP contribution in [0.25, 0.3) is 0 Å². The lowest BCUT2D eigenvalue weighted by Gasteiger charge is -2.26. The van der Waals surface area contributed by atoms with Crippen molar-refractivity contribution >= 4 is 0 Å². The molecule has 0 aromatic rings. The van der Waals surface area contributed by atoms with E-state index in [4.69, 9.17) is 10.5 Å². The maximum Gasteiger partial charge on any atom is 0.0529 e. The van der Waals surface area contributed by atoms with Gasteiger partial charge in [-0.2, -0.15) is 0 Å². The average Bonchev–Trinajstić information content (AvgIpc) is 2.19. The Bertz CT molecular complexity index is 150. The quantitative estimate of drug-likeness (QED) is 0.738. The Labute approximate surface area is 88.2 Å². The fourth-order valence-corrected chi connectivity index (χ4v) is 1.91. The molecule has 0 aliphatic heterocycles. The van der Waals surface area contributed by atoms with Crippen molar-refractivity contribution in [1.29, 1.82) is 0 Å². The summed E-state index contributed by atoms with van der Waals surface area (Å²) in [5, 5.41) is 0. The topological polar surface area (TPSA) is 35.2 Å². The monoisotopic (exact) mass is 199 g/mol. The second-order valence-electron chi connectivity index (χ2n) is 5.39. The lowest BCUT2D eigenvalue weighted by molar-refractivity contribution is 0.0354. The first kappa shape index (κ1) is 12.0. The molecule has 1 aliphatic rings. The van der Waals surface area contributed by atoms with Gasteiger partial charge in [0.15, 0.2) is 0 Å². The van der Waals surface area contributed by atoms with E-state index in [9.17, 15) is 0 Å². The van der Waals surface area contributed by atoms with E-state index in [-0.39, 0.29) is 5.41 Å². The summed E-state index contributed by atoms with van der Waals surface area (Å²) >= 11 is 0. The van der Waals surface area contributed by atoms with Gasteiger partial charge < -0.3 is 10.5 Å². The Balaban J connectivity index is 2.08. The highest BCUT2D eigenvalue weighted by atomic mass is 16.5. The van der Waals surface area contributed by atoms with Crippen LogP contribution in [-0.2, 0) is 4.74 Å². The lowest BCUT2D eigenvalue weighted by Crippen LogP contribution is -2.30. The van der Waals surface area contributed by atoms with E-state index >= 15 is 0 Å². The second-order valence-corrected chi connectivity index (χ2v) is 5.39. The molecule has 1 fully saturated rings. The largest absolute Gasteiger partial charge is 0.381 e. The van der Waals surface area contributed by atoms with Crippen molar-refractivity contribution in [3.63, 3.8) is 0 Å². The van der Waals surface area contributed by atoms with Gasteiger partial charge >= 0.3 is 0 Å². The Morgan fingerprint density at radius 1 is 1.21 bits per heavy atom. The van der Waals surface area contributed by atoms with Crippen LogP contribution in [0.1, 0.15) is 46.0 Å². The third kappa shape index (κ3) is 4.43. The lowest BCUT2D eigenvalue weighted by atomic mass is 9.90. The predicted octanol–water partition coefficient (Wildman–Crippen LogP) is 2.57. The van der Waals surface area contributed by atoms with Gasteiger partial charge in [0, 0.05) is 12.0 Å². The van der Waals surface area contributed by atoms with Gasteiger partial charge in [-0.25, -0.2) is 0 Å². The van der Waals surface area contributed by atoms with Crippen LogP contribution in [-0.4, -0.2) is 19.8 Å². The summed E-state index contributed by atoms with van der Waals surface area (Å²) in [6.07, 6.45) is 6.94. The van der Waals surface area contributed by atoms with E-state index in [0.717, 1.165) is 19.1 Å². The smallest absolute Gasteiger partial charge is 0.0529 e. The fraction of sp³-hybridized carbons (Fsp3) is 1.00. The molecule has 2 heteroatoms. The third-order valence-corrected chi connectivity index (χ3v) is 3.12. The first-order chi connectivity index (χ1) is 6.64. The maximum atomic E-state index is 5.75. The van der Waals surface area contributed by atoms with Gasteiger partial charge in [0.05, 0.1) is 6.61 Å². The summed E-state index contributed by atoms with van der Waals surface area (Å²) in [6, 6.07) is 0. The van der Waals surface area contributed by atoms with E-state index in [1.54, 1.807) is 0 Å². The number of nitrogens with two attached hydrogens (primary N) is 1. The zero-order valence-corrected chi connectivity index (χ0v) is 9.72. The van der Waals surface area contributed by atoms with Gasteiger partial charge in [0.2, 0.25) is 0 Å². The van der Waals surface area contributed by atoms with Gasteiger partial charge in [0.25, 0.3) is 0 Å². The minimum Gasteiger partial charge on any atom is -0.381 e. The second kappa shape index (κ2) is 5.72. The Kier molecular flexibility index (Phi) is 4.90. The van der Waals surface area contributed by atoms with E-state index in [2.05, 4.69) is 13.8 Å². The van der Waals surface area contributed by atoms with Crippen LogP contribution in [0.15, 0.2) is 0 Å². The van der Waals surface area contributed by atoms with Crippen LogP contribution in [0.2, 0.25) is 0 Å². The van der Waals surface area contributed by atoms with Crippen molar-refractivity contribution in [2.45, 2.75) is 46.0 Å². The van der Waals surface area contributed by atoms with Crippen LogP contribution >= 0.6 is 0 Å². The molecule has 0 saturated heterocycles. The molecule has 84 valence electrons. The molecular weight excluding hydrogens is 174 g/mol. The van der Waals surface area contributed by atoms with Crippen LogP contribution in [0, 0.1) is 11.3 Å². The first-order valence-electron chi connectivity index (χ1n) is 5.92. The molecule has 1 rings (SSSR count). The van der Waals surface area contributed by atoms with E-state index in [1.807, 2.05) is 0 Å². The molecule has 0 aromatic heterocycles. The molecule has 0 bridgehead atoms. The van der Waals surface area contributed by atoms with E-state index in [0.29, 0.717) is 6.54 Å². The minimum absolute atomic E-state index is 0.147. The number of hydrogen-bond acceptors (Lipinski definition) is 2. The average molecular weight is 199 g/mol. The molecular formula is C12H25NO. The van der Waals surface area contributed by atoms with Crippen molar-refractivity contribution < 1.29 is 4.74 Å². The predicted molar refractivity (Wildman–Crippen MR) is 60.2 cm³/mol. The molecule has 0 amide bonds. The van der Waals surface area contributed by atoms with Gasteiger partial charge in [-0.05, 0) is 25.3 Å². The van der Waals surface area contributed by atoms with Crippen LogP contribution < -0.4 is 5.73 Å². The molecule has 0 spiro atoms. The highest BCUT2D eigenvalue weighted by Gasteiger charge is 2.18. The van der Waals surface area contributed by atoms with Gasteiger partial charge in [-0.15, -0.1) is 0 Å². The zero-order valence-electron chi connectivity index (χ0n) is 9.72. The summed E-state index contributed by atoms with van der Waals surface area (Å²) in [4.78, 5) is 0. The summed E-state index contributed by atoms with van der Waals surface area (Å²) in [5.41, 5.74) is 5.79. The summed E-state index contributed by atoms with van der Waals surface area (Å²) in [7, 11) is 0. The number of rotatable bonds is 5. The van der Waals surface area contributed by atoms with Crippen molar-refractivity contribution in [2.75, 3.05) is 19.8 Å². The standard InChI is InChI=1S/C12H25NO/c1-12(2,9-13)10-14-8-11-6-4-3-5-7-11/h11H,3-10,13H2,1-2H3. The van der Waals surface area contributed by atoms with Crippen molar-refractivity contribution in [3.05, 3.63) is 0 Å². The number of ether oxygens (including phenoxy) is 1. The summed E-state index contributed by atoms with van der Waals surface area (Å²) < 4.78 is 5.75. The Hall–Kier alpha value is -0.0800. The summed E-state index contributed by atoms with van der Waals surface area (Å²) in [5.74, 6) is 0.817. The first-order valence-corrected chi connectivity index (χ1v) is 5.92. The fourth-order valence-electron chi connectivity index (χ4n) is 1.91. The highest BCUT2D eigenvalue weighted by molar-refractivity contribution is 4.69. The molecule has 2 N–H and O–H groups in total. The Morgan fingerprint density at radius 3 is 2.43 bits per heavy atom. The summed E-state index contributed by atoms with van der Waals surface area (Å²) in [6.45, 7) is 6.78. The van der Waals surface area contributed by atoms with E-state index < -0.39 is 0 Å². The third-order valence-electron chi connectivity index (χ3n) is 3.12. The van der Waals surface area contributed by atoms with Crippen LogP contribution in [0.4, 0.5) is 0 Å². The molecule has 0 unspecified atom stereocenters. The van der Waals surface area contributed by atoms with Gasteiger partial charge in [0.1, 0.15) is 0 Å².